The van der Waals surface area contributed by atoms with Crippen molar-refractivity contribution < 1.29 is 13.2 Å². The van der Waals surface area contributed by atoms with E-state index in [0.717, 1.165) is 12.7 Å². The first-order chi connectivity index (χ1) is 9.29. The molecule has 1 aromatic rings. The van der Waals surface area contributed by atoms with Gasteiger partial charge in [0.1, 0.15) is 0 Å². The third-order valence-electron chi connectivity index (χ3n) is 3.67. The number of likely N-dealkylation sites (tertiary alicyclic amines) is 1. The molecule has 0 unspecified atom stereocenters. The van der Waals surface area contributed by atoms with Crippen LogP contribution in [0.5, 0.6) is 0 Å². The maximum atomic E-state index is 12.6. The Hall–Kier alpha value is -1.36. The summed E-state index contributed by atoms with van der Waals surface area (Å²) in [4.78, 5) is 14.5. The van der Waals surface area contributed by atoms with Crippen LogP contribution < -0.4 is 0 Å². The van der Waals surface area contributed by atoms with E-state index < -0.39 is 9.84 Å². The summed E-state index contributed by atoms with van der Waals surface area (Å²) in [5.74, 6) is 0.727. The number of nitrogens with zero attached hydrogens (tertiary/aromatic N) is 1. The van der Waals surface area contributed by atoms with E-state index in [1.807, 2.05) is 0 Å². The second-order valence-electron chi connectivity index (χ2n) is 5.92. The Morgan fingerprint density at radius 3 is 2.25 bits per heavy atom. The molecular formula is C15H21NO3S. The van der Waals surface area contributed by atoms with Crippen LogP contribution in [0.25, 0.3) is 0 Å². The minimum Gasteiger partial charge on any atom is -0.338 e. The van der Waals surface area contributed by atoms with Gasteiger partial charge in [0.05, 0.1) is 10.5 Å². The van der Waals surface area contributed by atoms with Gasteiger partial charge in [0.25, 0.3) is 5.91 Å². The minimum atomic E-state index is -3.39. The van der Waals surface area contributed by atoms with Gasteiger partial charge in [-0.05, 0) is 30.4 Å². The number of hydrogen-bond donors (Lipinski definition) is 0. The Balaban J connectivity index is 2.35. The number of rotatable bonds is 2. The van der Waals surface area contributed by atoms with E-state index in [-0.39, 0.29) is 16.4 Å². The first-order valence-corrected chi connectivity index (χ1v) is 8.76. The van der Waals surface area contributed by atoms with E-state index in [4.69, 9.17) is 0 Å². The number of amides is 1. The van der Waals surface area contributed by atoms with E-state index in [1.54, 1.807) is 23.1 Å². The summed E-state index contributed by atoms with van der Waals surface area (Å²) in [6.07, 6.45) is 2.25. The summed E-state index contributed by atoms with van der Waals surface area (Å²) >= 11 is 0. The molecule has 2 rings (SSSR count). The molecule has 0 aromatic heterocycles. The molecule has 1 saturated heterocycles. The van der Waals surface area contributed by atoms with Crippen molar-refractivity contribution in [1.82, 2.24) is 4.90 Å². The van der Waals surface area contributed by atoms with E-state index in [9.17, 15) is 13.2 Å². The molecule has 0 saturated carbocycles. The Morgan fingerprint density at radius 1 is 1.15 bits per heavy atom. The highest BCUT2D eigenvalue weighted by molar-refractivity contribution is 7.90. The summed E-state index contributed by atoms with van der Waals surface area (Å²) in [6, 6.07) is 6.45. The van der Waals surface area contributed by atoms with Crippen LogP contribution >= 0.6 is 0 Å². The van der Waals surface area contributed by atoms with Gasteiger partial charge >= 0.3 is 0 Å². The highest BCUT2D eigenvalue weighted by Crippen LogP contribution is 2.24. The minimum absolute atomic E-state index is 0.121. The van der Waals surface area contributed by atoms with Gasteiger partial charge in [-0.15, -0.1) is 0 Å². The first kappa shape index (κ1) is 15.0. The second-order valence-corrected chi connectivity index (χ2v) is 7.91. The highest BCUT2D eigenvalue weighted by atomic mass is 32.2. The summed E-state index contributed by atoms with van der Waals surface area (Å²) in [5, 5.41) is 0. The van der Waals surface area contributed by atoms with Gasteiger partial charge in [0, 0.05) is 19.3 Å². The van der Waals surface area contributed by atoms with Gasteiger partial charge in [-0.3, -0.25) is 4.79 Å². The molecule has 1 heterocycles. The van der Waals surface area contributed by atoms with Crippen molar-refractivity contribution >= 4 is 15.7 Å². The molecule has 0 N–H and O–H groups in total. The van der Waals surface area contributed by atoms with Crippen molar-refractivity contribution in [3.05, 3.63) is 29.8 Å². The smallest absolute Gasteiger partial charge is 0.255 e. The van der Waals surface area contributed by atoms with Crippen molar-refractivity contribution in [1.29, 1.82) is 0 Å². The Labute approximate surface area is 120 Å². The fourth-order valence-electron chi connectivity index (χ4n) is 2.97. The lowest BCUT2D eigenvalue weighted by Crippen LogP contribution is -2.42. The third kappa shape index (κ3) is 3.20. The fourth-order valence-corrected chi connectivity index (χ4v) is 3.85. The summed E-state index contributed by atoms with van der Waals surface area (Å²) in [5.41, 5.74) is 0.288. The number of hydrogen-bond acceptors (Lipinski definition) is 3. The van der Waals surface area contributed by atoms with E-state index >= 15 is 0 Å². The number of carbonyl (C=O) groups is 1. The Morgan fingerprint density at radius 2 is 1.70 bits per heavy atom. The highest BCUT2D eigenvalue weighted by Gasteiger charge is 2.28. The van der Waals surface area contributed by atoms with Crippen LogP contribution in [0.15, 0.2) is 29.2 Å². The van der Waals surface area contributed by atoms with Crippen LogP contribution in [-0.4, -0.2) is 38.6 Å². The number of benzene rings is 1. The van der Waals surface area contributed by atoms with Crippen LogP contribution in [0.3, 0.4) is 0 Å². The lowest BCUT2D eigenvalue weighted by atomic mass is 9.91. The van der Waals surface area contributed by atoms with Gasteiger partial charge in [0.15, 0.2) is 9.84 Å². The molecule has 1 amide bonds. The lowest BCUT2D eigenvalue weighted by molar-refractivity contribution is 0.0619. The Bertz CT molecular complexity index is 599. The average Bonchev–Trinajstić information content (AvgIpc) is 2.35. The largest absolute Gasteiger partial charge is 0.338 e. The molecule has 2 atom stereocenters. The number of carbonyl (C=O) groups excluding carboxylic acids is 1. The standard InChI is InChI=1S/C15H21NO3S/c1-11-8-12(2)10-16(9-11)15(17)13-6-4-5-7-14(13)20(3,18)19/h4-7,11-12H,8-10H2,1-3H3/t11-,12+. The zero-order valence-corrected chi connectivity index (χ0v) is 13.0. The molecule has 110 valence electrons. The van der Waals surface area contributed by atoms with Crippen molar-refractivity contribution in [3.8, 4) is 0 Å². The molecule has 0 aliphatic carbocycles. The molecule has 0 radical (unpaired) electrons. The topological polar surface area (TPSA) is 54.5 Å². The van der Waals surface area contributed by atoms with E-state index in [0.29, 0.717) is 24.9 Å². The molecule has 1 aromatic carbocycles. The van der Waals surface area contributed by atoms with Gasteiger partial charge in [-0.25, -0.2) is 8.42 Å². The van der Waals surface area contributed by atoms with Gasteiger partial charge < -0.3 is 4.90 Å². The fraction of sp³-hybridized carbons (Fsp3) is 0.533. The maximum Gasteiger partial charge on any atom is 0.255 e. The van der Waals surface area contributed by atoms with Crippen LogP contribution in [0, 0.1) is 11.8 Å². The van der Waals surface area contributed by atoms with Crippen LogP contribution in [-0.2, 0) is 9.84 Å². The summed E-state index contributed by atoms with van der Waals surface area (Å²) < 4.78 is 23.6. The van der Waals surface area contributed by atoms with Crippen LogP contribution in [0.2, 0.25) is 0 Å². The summed E-state index contributed by atoms with van der Waals surface area (Å²) in [7, 11) is -3.39. The van der Waals surface area contributed by atoms with Gasteiger partial charge in [0.2, 0.25) is 0 Å². The van der Waals surface area contributed by atoms with Crippen molar-refractivity contribution in [2.45, 2.75) is 25.2 Å². The van der Waals surface area contributed by atoms with Crippen LogP contribution in [0.4, 0.5) is 0 Å². The quantitative estimate of drug-likeness (QED) is 0.840. The predicted molar refractivity (Wildman–Crippen MR) is 78.4 cm³/mol. The number of piperidine rings is 1. The molecule has 1 aliphatic heterocycles. The molecule has 4 nitrogen and oxygen atoms in total. The molecule has 5 heteroatoms. The van der Waals surface area contributed by atoms with Gasteiger partial charge in [-0.2, -0.15) is 0 Å². The SMILES string of the molecule is C[C@@H]1C[C@H](C)CN(C(=O)c2ccccc2S(C)(=O)=O)C1. The molecule has 1 aliphatic rings. The zero-order chi connectivity index (χ0) is 14.9. The normalized spacial score (nSPS) is 23.6. The second kappa shape index (κ2) is 5.56. The molecule has 1 fully saturated rings. The lowest BCUT2D eigenvalue weighted by Gasteiger charge is -2.35. The summed E-state index contributed by atoms with van der Waals surface area (Å²) in [6.45, 7) is 5.64. The maximum absolute atomic E-state index is 12.6. The molecule has 0 spiro atoms. The van der Waals surface area contributed by atoms with E-state index in [2.05, 4.69) is 13.8 Å². The van der Waals surface area contributed by atoms with Crippen molar-refractivity contribution in [2.24, 2.45) is 11.8 Å². The third-order valence-corrected chi connectivity index (χ3v) is 4.83. The van der Waals surface area contributed by atoms with Crippen molar-refractivity contribution in [3.63, 3.8) is 0 Å². The van der Waals surface area contributed by atoms with Crippen LogP contribution in [0.1, 0.15) is 30.6 Å². The van der Waals surface area contributed by atoms with Crippen molar-refractivity contribution in [2.75, 3.05) is 19.3 Å². The monoisotopic (exact) mass is 295 g/mol. The zero-order valence-electron chi connectivity index (χ0n) is 12.2. The average molecular weight is 295 g/mol. The molecule has 20 heavy (non-hydrogen) atoms. The van der Waals surface area contributed by atoms with Gasteiger partial charge in [-0.1, -0.05) is 26.0 Å². The predicted octanol–water partition coefficient (Wildman–Crippen LogP) is 2.21. The molecule has 0 bridgehead atoms. The first-order valence-electron chi connectivity index (χ1n) is 6.87. The Kier molecular flexibility index (Phi) is 4.18. The van der Waals surface area contributed by atoms with E-state index in [1.165, 1.54) is 6.07 Å². The molecular weight excluding hydrogens is 274 g/mol. The number of sulfone groups is 1.